The highest BCUT2D eigenvalue weighted by Crippen LogP contribution is 2.39. The van der Waals surface area contributed by atoms with Gasteiger partial charge in [-0.25, -0.2) is 0 Å². The van der Waals surface area contributed by atoms with E-state index in [0.29, 0.717) is 0 Å². The van der Waals surface area contributed by atoms with E-state index < -0.39 is 0 Å². The van der Waals surface area contributed by atoms with Crippen molar-refractivity contribution in [3.8, 4) is 0 Å². The van der Waals surface area contributed by atoms with Crippen molar-refractivity contribution in [1.82, 2.24) is 0 Å². The first-order valence-corrected chi connectivity index (χ1v) is 13.9. The molecule has 0 aromatic heterocycles. The van der Waals surface area contributed by atoms with Crippen molar-refractivity contribution in [2.75, 3.05) is 0 Å². The fourth-order valence-corrected chi connectivity index (χ4v) is 6.37. The van der Waals surface area contributed by atoms with Crippen molar-refractivity contribution >= 4 is 75.4 Å². The molecule has 0 saturated carbocycles. The van der Waals surface area contributed by atoms with Gasteiger partial charge in [-0.15, -0.1) is 0 Å². The van der Waals surface area contributed by atoms with Crippen molar-refractivity contribution in [2.45, 2.75) is 0 Å². The maximum Gasteiger partial charge on any atom is -0.00204 e. The smallest absolute Gasteiger partial charge is 0.00204 e. The van der Waals surface area contributed by atoms with Gasteiger partial charge in [-0.3, -0.25) is 0 Å². The Balaban J connectivity index is 1.74. The van der Waals surface area contributed by atoms with Crippen LogP contribution in [0.25, 0.3) is 75.4 Å². The second kappa shape index (κ2) is 9.22. The number of benzene rings is 7. The molecule has 0 heterocycles. The summed E-state index contributed by atoms with van der Waals surface area (Å²) in [6.45, 7) is 0. The molecule has 9 rings (SSSR count). The molecule has 40 heavy (non-hydrogen) atoms. The van der Waals surface area contributed by atoms with Crippen LogP contribution in [-0.2, 0) is 0 Å². The van der Waals surface area contributed by atoms with Gasteiger partial charge < -0.3 is 0 Å². The van der Waals surface area contributed by atoms with E-state index in [1.165, 1.54) is 75.4 Å². The van der Waals surface area contributed by atoms with E-state index in [-0.39, 0.29) is 0 Å². The molecule has 0 aliphatic heterocycles. The molecule has 0 unspecified atom stereocenters. The van der Waals surface area contributed by atoms with Gasteiger partial charge in [0.2, 0.25) is 0 Å². The van der Waals surface area contributed by atoms with Crippen molar-refractivity contribution < 1.29 is 0 Å². The summed E-state index contributed by atoms with van der Waals surface area (Å²) >= 11 is 0. The summed E-state index contributed by atoms with van der Waals surface area (Å²) in [5.74, 6) is 0. The van der Waals surface area contributed by atoms with Gasteiger partial charge in [-0.2, -0.15) is 0 Å². The maximum atomic E-state index is 2.31. The minimum absolute atomic E-state index is 1.21. The number of fused-ring (bicyclic) bond motifs is 3. The van der Waals surface area contributed by atoms with E-state index in [9.17, 15) is 0 Å². The van der Waals surface area contributed by atoms with Gasteiger partial charge >= 0.3 is 0 Å². The zero-order valence-corrected chi connectivity index (χ0v) is 22.0. The lowest BCUT2D eigenvalue weighted by atomic mass is 9.91. The van der Waals surface area contributed by atoms with E-state index in [0.717, 1.165) is 0 Å². The third-order valence-corrected chi connectivity index (χ3v) is 8.23. The lowest BCUT2D eigenvalue weighted by Crippen LogP contribution is -1.84. The van der Waals surface area contributed by atoms with E-state index in [2.05, 4.69) is 158 Å². The normalized spacial score (nSPS) is 11.5. The van der Waals surface area contributed by atoms with Crippen LogP contribution in [0, 0.1) is 0 Å². The zero-order chi connectivity index (χ0) is 26.5. The fourth-order valence-electron chi connectivity index (χ4n) is 6.37. The first-order chi connectivity index (χ1) is 19.8. The Morgan fingerprint density at radius 3 is 0.825 bits per heavy atom. The standard InChI is InChI=1S/C40H26/c1-2-14-30-26-32-24-22-28-12-4-6-16-34(28)40-37-19-9-7-17-35(37)39(36-18-8-10-20-38(36)40)33-15-5-3-11-27(33)21-23-31(32)25-29(30)13-1/h1-26H. The molecule has 9 aromatic rings. The maximum absolute atomic E-state index is 2.31. The van der Waals surface area contributed by atoms with E-state index >= 15 is 0 Å². The Bertz CT molecular complexity index is 2150. The van der Waals surface area contributed by atoms with E-state index in [1.807, 2.05) is 0 Å². The molecule has 0 nitrogen and oxygen atoms in total. The highest BCUT2D eigenvalue weighted by Gasteiger charge is 2.11. The van der Waals surface area contributed by atoms with Gasteiger partial charge in [0.05, 0.1) is 0 Å². The SMILES string of the molecule is c1ccc2cc3ccc4ccccc4c4c5ccccc5c(c5ccccc5ccc3cc2c1)c1ccccc14. The van der Waals surface area contributed by atoms with E-state index in [4.69, 9.17) is 0 Å². The molecule has 0 aliphatic rings. The molecule has 0 saturated heterocycles. The molecular weight excluding hydrogens is 480 g/mol. The molecule has 186 valence electrons. The molecule has 0 aliphatic carbocycles. The van der Waals surface area contributed by atoms with Crippen LogP contribution in [0.3, 0.4) is 0 Å². The molecule has 0 radical (unpaired) electrons. The number of rotatable bonds is 0. The van der Waals surface area contributed by atoms with Gasteiger partial charge in [0.15, 0.2) is 0 Å². The highest BCUT2D eigenvalue weighted by molar-refractivity contribution is 6.34. The van der Waals surface area contributed by atoms with Crippen LogP contribution in [-0.4, -0.2) is 0 Å². The average molecular weight is 507 g/mol. The van der Waals surface area contributed by atoms with Crippen LogP contribution in [0.2, 0.25) is 0 Å². The Hall–Kier alpha value is -5.20. The van der Waals surface area contributed by atoms with Gasteiger partial charge in [0, 0.05) is 0 Å². The van der Waals surface area contributed by atoms with Crippen molar-refractivity contribution in [3.05, 3.63) is 158 Å². The van der Waals surface area contributed by atoms with Crippen molar-refractivity contribution in [2.24, 2.45) is 0 Å². The second-order valence-electron chi connectivity index (χ2n) is 10.5. The molecule has 2 bridgehead atoms. The molecule has 0 heteroatoms. The van der Waals surface area contributed by atoms with Crippen molar-refractivity contribution in [1.29, 1.82) is 0 Å². The van der Waals surface area contributed by atoms with Crippen LogP contribution in [0.1, 0.15) is 0 Å². The van der Waals surface area contributed by atoms with Gasteiger partial charge in [-0.05, 0) is 87.5 Å². The quantitative estimate of drug-likeness (QED) is 0.179. The fraction of sp³-hybridized carbons (Fsp3) is 0. The second-order valence-corrected chi connectivity index (χ2v) is 10.5. The van der Waals surface area contributed by atoms with Gasteiger partial charge in [-0.1, -0.05) is 146 Å². The Morgan fingerprint density at radius 1 is 0.200 bits per heavy atom. The lowest BCUT2D eigenvalue weighted by Gasteiger charge is -2.12. The molecule has 0 fully saturated rings. The molecule has 0 N–H and O–H groups in total. The molecule has 0 amide bonds. The van der Waals surface area contributed by atoms with Gasteiger partial charge in [0.1, 0.15) is 0 Å². The van der Waals surface area contributed by atoms with Crippen LogP contribution in [0.4, 0.5) is 0 Å². The monoisotopic (exact) mass is 506 g/mol. The minimum atomic E-state index is 1.21. The summed E-state index contributed by atoms with van der Waals surface area (Å²) < 4.78 is 0. The zero-order valence-electron chi connectivity index (χ0n) is 22.0. The van der Waals surface area contributed by atoms with Crippen LogP contribution in [0.5, 0.6) is 0 Å². The lowest BCUT2D eigenvalue weighted by molar-refractivity contribution is 1.77. The van der Waals surface area contributed by atoms with Crippen LogP contribution < -0.4 is 0 Å². The number of hydrogen-bond donors (Lipinski definition) is 0. The highest BCUT2D eigenvalue weighted by atomic mass is 14.1. The third-order valence-electron chi connectivity index (χ3n) is 8.23. The summed E-state index contributed by atoms with van der Waals surface area (Å²) in [7, 11) is 0. The molecule has 0 spiro atoms. The summed E-state index contributed by atoms with van der Waals surface area (Å²) in [4.78, 5) is 0. The van der Waals surface area contributed by atoms with Crippen LogP contribution in [0.15, 0.2) is 158 Å². The average Bonchev–Trinajstić information content (AvgIpc) is 3.01. The molecular formula is C40H26. The minimum Gasteiger partial charge on any atom is -0.0616 e. The predicted molar refractivity (Wildman–Crippen MR) is 175 cm³/mol. The summed E-state index contributed by atoms with van der Waals surface area (Å²) in [6.07, 6.45) is 0. The largest absolute Gasteiger partial charge is 0.0616 e. The summed E-state index contributed by atoms with van der Waals surface area (Å²) in [5.41, 5.74) is 0. The van der Waals surface area contributed by atoms with Crippen LogP contribution >= 0.6 is 0 Å². The molecule has 9 aromatic carbocycles. The summed E-state index contributed by atoms with van der Waals surface area (Å²) in [5, 5.41) is 17.5. The number of hydrogen-bond acceptors (Lipinski definition) is 0. The van der Waals surface area contributed by atoms with E-state index in [1.54, 1.807) is 0 Å². The molecule has 0 atom stereocenters. The summed E-state index contributed by atoms with van der Waals surface area (Å²) in [6, 6.07) is 57.8. The predicted octanol–water partition coefficient (Wildman–Crippen LogP) is 11.4. The Kier molecular flexibility index (Phi) is 5.24. The Labute approximate surface area is 232 Å². The van der Waals surface area contributed by atoms with Crippen molar-refractivity contribution in [3.63, 3.8) is 0 Å². The topological polar surface area (TPSA) is 0 Å². The Morgan fingerprint density at radius 2 is 0.450 bits per heavy atom. The first kappa shape index (κ1) is 22.8. The first-order valence-electron chi connectivity index (χ1n) is 13.9. The third kappa shape index (κ3) is 3.61. The van der Waals surface area contributed by atoms with Gasteiger partial charge in [0.25, 0.3) is 0 Å².